The van der Waals surface area contributed by atoms with E-state index >= 15 is 0 Å². The van der Waals surface area contributed by atoms with E-state index in [9.17, 15) is 9.59 Å². The monoisotopic (exact) mass is 430 g/mol. The zero-order valence-electron chi connectivity index (χ0n) is 19.1. The fraction of sp³-hybridized carbons (Fsp3) is 0.259. The molecule has 1 N–H and O–H groups in total. The van der Waals surface area contributed by atoms with Crippen molar-refractivity contribution >= 4 is 17.5 Å². The van der Waals surface area contributed by atoms with Crippen LogP contribution in [0.3, 0.4) is 0 Å². The topological polar surface area (TPSA) is 58.6 Å². The summed E-state index contributed by atoms with van der Waals surface area (Å²) in [5.74, 6) is 0.138. The number of ether oxygens (including phenoxy) is 1. The number of nitrogens with zero attached hydrogens (tertiary/aromatic N) is 1. The third-order valence-electron chi connectivity index (χ3n) is 5.13. The molecular formula is C27H30N2O3. The first kappa shape index (κ1) is 23.1. The number of carbonyl (C=O) groups is 2. The van der Waals surface area contributed by atoms with Crippen molar-refractivity contribution in [2.75, 3.05) is 19.0 Å². The highest BCUT2D eigenvalue weighted by Gasteiger charge is 2.18. The molecule has 5 heteroatoms. The minimum atomic E-state index is -0.323. The predicted molar refractivity (Wildman–Crippen MR) is 128 cm³/mol. The van der Waals surface area contributed by atoms with E-state index in [-0.39, 0.29) is 23.8 Å². The molecule has 0 saturated carbocycles. The van der Waals surface area contributed by atoms with Crippen molar-refractivity contribution < 1.29 is 14.3 Å². The smallest absolute Gasteiger partial charge is 0.262 e. The third-order valence-corrected chi connectivity index (χ3v) is 5.13. The van der Waals surface area contributed by atoms with Crippen LogP contribution in [0.2, 0.25) is 0 Å². The molecule has 0 aliphatic heterocycles. The highest BCUT2D eigenvalue weighted by Crippen LogP contribution is 2.24. The zero-order valence-corrected chi connectivity index (χ0v) is 19.1. The van der Waals surface area contributed by atoms with Gasteiger partial charge in [-0.25, -0.2) is 0 Å². The second-order valence-corrected chi connectivity index (χ2v) is 8.80. The molecule has 0 bridgehead atoms. The van der Waals surface area contributed by atoms with Gasteiger partial charge in [-0.1, -0.05) is 75.4 Å². The van der Waals surface area contributed by atoms with E-state index in [0.717, 1.165) is 5.56 Å². The molecule has 0 aliphatic rings. The Balaban J connectivity index is 1.61. The van der Waals surface area contributed by atoms with E-state index in [2.05, 4.69) is 26.1 Å². The van der Waals surface area contributed by atoms with E-state index in [1.54, 1.807) is 36.2 Å². The molecule has 0 aliphatic carbocycles. The molecule has 5 nitrogen and oxygen atoms in total. The minimum Gasteiger partial charge on any atom is -0.484 e. The van der Waals surface area contributed by atoms with Crippen LogP contribution in [0, 0.1) is 0 Å². The van der Waals surface area contributed by atoms with Gasteiger partial charge in [0.05, 0.1) is 11.3 Å². The van der Waals surface area contributed by atoms with Gasteiger partial charge >= 0.3 is 0 Å². The summed E-state index contributed by atoms with van der Waals surface area (Å²) < 4.78 is 5.63. The van der Waals surface area contributed by atoms with Crippen LogP contribution in [0.5, 0.6) is 5.75 Å². The first-order chi connectivity index (χ1) is 15.2. The fourth-order valence-corrected chi connectivity index (χ4v) is 3.30. The molecule has 3 aromatic carbocycles. The summed E-state index contributed by atoms with van der Waals surface area (Å²) in [6.45, 7) is 6.78. The molecule has 0 saturated heterocycles. The van der Waals surface area contributed by atoms with E-state index < -0.39 is 0 Å². The summed E-state index contributed by atoms with van der Waals surface area (Å²) >= 11 is 0. The standard InChI is InChI=1S/C27H30N2O3/c1-27(2,3)21-14-16-22(17-15-21)32-19-25(30)28-24-13-9-8-12-23(24)26(31)29(4)18-20-10-6-5-7-11-20/h5-17H,18-19H2,1-4H3,(H,28,30). The molecule has 0 fully saturated rings. The second kappa shape index (κ2) is 10.1. The summed E-state index contributed by atoms with van der Waals surface area (Å²) in [7, 11) is 1.75. The van der Waals surface area contributed by atoms with Crippen LogP contribution in [0.15, 0.2) is 78.9 Å². The summed E-state index contributed by atoms with van der Waals surface area (Å²) in [6, 6.07) is 24.5. The number of hydrogen-bond acceptors (Lipinski definition) is 3. The van der Waals surface area contributed by atoms with Crippen molar-refractivity contribution in [3.05, 3.63) is 95.6 Å². The van der Waals surface area contributed by atoms with Crippen LogP contribution in [-0.4, -0.2) is 30.4 Å². The molecule has 2 amide bonds. The lowest BCUT2D eigenvalue weighted by Crippen LogP contribution is -2.28. The Bertz CT molecular complexity index is 1050. The van der Waals surface area contributed by atoms with Crippen molar-refractivity contribution in [1.29, 1.82) is 0 Å². The maximum atomic E-state index is 13.0. The summed E-state index contributed by atoms with van der Waals surface area (Å²) in [5, 5.41) is 2.80. The first-order valence-corrected chi connectivity index (χ1v) is 10.7. The summed E-state index contributed by atoms with van der Waals surface area (Å²) in [6.07, 6.45) is 0. The van der Waals surface area contributed by atoms with Crippen molar-refractivity contribution in [2.45, 2.75) is 32.7 Å². The Morgan fingerprint density at radius 1 is 0.875 bits per heavy atom. The largest absolute Gasteiger partial charge is 0.484 e. The van der Waals surface area contributed by atoms with Gasteiger partial charge in [0, 0.05) is 13.6 Å². The fourth-order valence-electron chi connectivity index (χ4n) is 3.30. The van der Waals surface area contributed by atoms with Gasteiger partial charge in [0.25, 0.3) is 11.8 Å². The van der Waals surface area contributed by atoms with E-state index in [1.165, 1.54) is 5.56 Å². The third kappa shape index (κ3) is 6.20. The average Bonchev–Trinajstić information content (AvgIpc) is 2.78. The van der Waals surface area contributed by atoms with Crippen molar-refractivity contribution in [1.82, 2.24) is 4.90 Å². The number of benzene rings is 3. The number of hydrogen-bond donors (Lipinski definition) is 1. The van der Waals surface area contributed by atoms with E-state index in [4.69, 9.17) is 4.74 Å². The molecule has 0 radical (unpaired) electrons. The lowest BCUT2D eigenvalue weighted by atomic mass is 9.87. The van der Waals surface area contributed by atoms with Gasteiger partial charge in [0.1, 0.15) is 5.75 Å². The minimum absolute atomic E-state index is 0.0554. The Morgan fingerprint density at radius 2 is 1.50 bits per heavy atom. The number of amides is 2. The summed E-state index contributed by atoms with van der Waals surface area (Å²) in [4.78, 5) is 27.1. The molecule has 0 aromatic heterocycles. The lowest BCUT2D eigenvalue weighted by Gasteiger charge is -2.20. The molecule has 0 atom stereocenters. The van der Waals surface area contributed by atoms with Gasteiger partial charge in [0.15, 0.2) is 6.61 Å². The van der Waals surface area contributed by atoms with Crippen LogP contribution in [0.4, 0.5) is 5.69 Å². The molecule has 32 heavy (non-hydrogen) atoms. The highest BCUT2D eigenvalue weighted by molar-refractivity contribution is 6.03. The average molecular weight is 431 g/mol. The van der Waals surface area contributed by atoms with Crippen LogP contribution < -0.4 is 10.1 Å². The van der Waals surface area contributed by atoms with Crippen LogP contribution in [0.25, 0.3) is 0 Å². The number of carbonyl (C=O) groups excluding carboxylic acids is 2. The molecule has 0 unspecified atom stereocenters. The maximum absolute atomic E-state index is 13.0. The quantitative estimate of drug-likeness (QED) is 0.555. The van der Waals surface area contributed by atoms with E-state index in [1.807, 2.05) is 54.6 Å². The number of anilines is 1. The van der Waals surface area contributed by atoms with Crippen molar-refractivity contribution in [3.8, 4) is 5.75 Å². The normalized spacial score (nSPS) is 11.0. The van der Waals surface area contributed by atoms with Gasteiger partial charge < -0.3 is 15.0 Å². The Kier molecular flexibility index (Phi) is 7.31. The maximum Gasteiger partial charge on any atom is 0.262 e. The first-order valence-electron chi connectivity index (χ1n) is 10.7. The van der Waals surface area contributed by atoms with Crippen LogP contribution in [0.1, 0.15) is 42.3 Å². The molecule has 166 valence electrons. The second-order valence-electron chi connectivity index (χ2n) is 8.80. The van der Waals surface area contributed by atoms with E-state index in [0.29, 0.717) is 23.5 Å². The Hall–Kier alpha value is -3.60. The molecule has 3 aromatic rings. The van der Waals surface area contributed by atoms with Crippen LogP contribution in [-0.2, 0) is 16.8 Å². The van der Waals surface area contributed by atoms with Gasteiger partial charge in [-0.15, -0.1) is 0 Å². The Morgan fingerprint density at radius 3 is 2.16 bits per heavy atom. The van der Waals surface area contributed by atoms with Crippen LogP contribution >= 0.6 is 0 Å². The molecule has 0 heterocycles. The molecule has 3 rings (SSSR count). The SMILES string of the molecule is CN(Cc1ccccc1)C(=O)c1ccccc1NC(=O)COc1ccc(C(C)(C)C)cc1. The predicted octanol–water partition coefficient (Wildman–Crippen LogP) is 5.27. The van der Waals surface area contributed by atoms with Gasteiger partial charge in [0.2, 0.25) is 0 Å². The number of rotatable bonds is 7. The number of nitrogens with one attached hydrogen (secondary N) is 1. The van der Waals surface area contributed by atoms with Crippen molar-refractivity contribution in [2.24, 2.45) is 0 Å². The summed E-state index contributed by atoms with van der Waals surface area (Å²) in [5.41, 5.74) is 3.19. The number of para-hydroxylation sites is 1. The van der Waals surface area contributed by atoms with Gasteiger partial charge in [-0.2, -0.15) is 0 Å². The van der Waals surface area contributed by atoms with Gasteiger partial charge in [-0.05, 0) is 40.8 Å². The highest BCUT2D eigenvalue weighted by atomic mass is 16.5. The molecular weight excluding hydrogens is 400 g/mol. The zero-order chi connectivity index (χ0) is 23.1. The lowest BCUT2D eigenvalue weighted by molar-refractivity contribution is -0.118. The Labute approximate surface area is 190 Å². The molecule has 0 spiro atoms. The van der Waals surface area contributed by atoms with Crippen molar-refractivity contribution in [3.63, 3.8) is 0 Å². The van der Waals surface area contributed by atoms with Gasteiger partial charge in [-0.3, -0.25) is 9.59 Å².